The second-order valence-electron chi connectivity index (χ2n) is 9.21. The van der Waals surface area contributed by atoms with Crippen LogP contribution in [0, 0.1) is 0 Å². The van der Waals surface area contributed by atoms with Crippen molar-refractivity contribution in [1.82, 2.24) is 0 Å². The fourth-order valence-corrected chi connectivity index (χ4v) is 6.62. The molecular weight excluding hydrogens is 546 g/mol. The number of halogens is 1. The zero-order chi connectivity index (χ0) is 25.4. The number of aryl methyl sites for hydroxylation is 1. The van der Waals surface area contributed by atoms with E-state index in [9.17, 15) is 9.59 Å². The molecular formula is C30H24BrN3O2S. The Morgan fingerprint density at radius 3 is 2.49 bits per heavy atom. The van der Waals surface area contributed by atoms with E-state index in [2.05, 4.69) is 21.2 Å². The highest BCUT2D eigenvalue weighted by molar-refractivity contribution is 9.10. The van der Waals surface area contributed by atoms with Crippen molar-refractivity contribution in [3.63, 3.8) is 0 Å². The highest BCUT2D eigenvalue weighted by atomic mass is 79.9. The molecule has 37 heavy (non-hydrogen) atoms. The van der Waals surface area contributed by atoms with Crippen molar-refractivity contribution < 1.29 is 9.59 Å². The number of rotatable bonds is 5. The standard InChI is InChI=1S/C30H24BrN3O2S/c31-20-15-16-24-23(17-20)27(30(36)34(24)18-19-9-3-1-4-10-19)33-29-26(22-13-7-8-14-25(22)37-29)28(35)32-21-11-5-2-6-12-21/h1-6,9-12,15-17H,7-8,13-14,18H2,(H,32,35). The lowest BCUT2D eigenvalue weighted by atomic mass is 9.95. The van der Waals surface area contributed by atoms with E-state index >= 15 is 0 Å². The summed E-state index contributed by atoms with van der Waals surface area (Å²) in [4.78, 5) is 35.2. The average molecular weight is 571 g/mol. The van der Waals surface area contributed by atoms with Gasteiger partial charge < -0.3 is 10.2 Å². The van der Waals surface area contributed by atoms with Crippen LogP contribution >= 0.6 is 27.3 Å². The number of hydrogen-bond donors (Lipinski definition) is 1. The summed E-state index contributed by atoms with van der Waals surface area (Å²) in [5.41, 5.74) is 5.43. The van der Waals surface area contributed by atoms with E-state index in [0.29, 0.717) is 22.8 Å². The molecule has 1 N–H and O–H groups in total. The van der Waals surface area contributed by atoms with Gasteiger partial charge >= 0.3 is 0 Å². The predicted octanol–water partition coefficient (Wildman–Crippen LogP) is 7.31. The lowest BCUT2D eigenvalue weighted by Crippen LogP contribution is -2.29. The quantitative estimate of drug-likeness (QED) is 0.274. The summed E-state index contributed by atoms with van der Waals surface area (Å²) >= 11 is 5.10. The van der Waals surface area contributed by atoms with Gasteiger partial charge in [-0.15, -0.1) is 11.3 Å². The molecule has 0 atom stereocenters. The normalized spacial score (nSPS) is 15.5. The van der Waals surface area contributed by atoms with Crippen LogP contribution in [0.5, 0.6) is 0 Å². The Balaban J connectivity index is 1.44. The molecule has 0 fully saturated rings. The number of nitrogens with zero attached hydrogens (tertiary/aromatic N) is 2. The van der Waals surface area contributed by atoms with Gasteiger partial charge in [-0.25, -0.2) is 4.99 Å². The van der Waals surface area contributed by atoms with Crippen LogP contribution in [-0.2, 0) is 24.2 Å². The number of aliphatic imine (C=N–C) groups is 1. The first-order valence-electron chi connectivity index (χ1n) is 12.3. The number of fused-ring (bicyclic) bond motifs is 2. The van der Waals surface area contributed by atoms with Crippen molar-refractivity contribution in [3.8, 4) is 0 Å². The molecule has 3 aromatic carbocycles. The van der Waals surface area contributed by atoms with Crippen molar-refractivity contribution in [3.05, 3.63) is 110 Å². The Morgan fingerprint density at radius 2 is 1.70 bits per heavy atom. The molecule has 6 rings (SSSR count). The first-order chi connectivity index (χ1) is 18.1. The molecule has 2 heterocycles. The fraction of sp³-hybridized carbons (Fsp3) is 0.167. The SMILES string of the molecule is O=C(Nc1ccccc1)c1c(N=C2C(=O)N(Cc3ccccc3)c3ccc(Br)cc32)sc2c1CCCC2. The second-order valence-corrected chi connectivity index (χ2v) is 11.2. The largest absolute Gasteiger partial charge is 0.322 e. The summed E-state index contributed by atoms with van der Waals surface area (Å²) in [5.74, 6) is -0.330. The van der Waals surface area contributed by atoms with E-state index in [1.165, 1.54) is 4.88 Å². The Morgan fingerprint density at radius 1 is 0.973 bits per heavy atom. The third-order valence-corrected chi connectivity index (χ3v) is 8.44. The first-order valence-corrected chi connectivity index (χ1v) is 13.9. The number of nitrogens with one attached hydrogen (secondary N) is 1. The summed E-state index contributed by atoms with van der Waals surface area (Å²) in [6, 6.07) is 25.2. The topological polar surface area (TPSA) is 61.8 Å². The monoisotopic (exact) mass is 569 g/mol. The number of thiophene rings is 1. The van der Waals surface area contributed by atoms with Crippen molar-refractivity contribution in [2.75, 3.05) is 10.2 Å². The molecule has 1 aliphatic heterocycles. The van der Waals surface area contributed by atoms with E-state index in [-0.39, 0.29) is 11.8 Å². The van der Waals surface area contributed by atoms with Crippen LogP contribution in [-0.4, -0.2) is 17.5 Å². The molecule has 1 aliphatic carbocycles. The minimum absolute atomic E-state index is 0.155. The van der Waals surface area contributed by atoms with Crippen LogP contribution < -0.4 is 10.2 Å². The summed E-state index contributed by atoms with van der Waals surface area (Å²) in [5, 5.41) is 3.64. The van der Waals surface area contributed by atoms with Gasteiger partial charge in [0.2, 0.25) is 0 Å². The summed E-state index contributed by atoms with van der Waals surface area (Å²) in [7, 11) is 0. The summed E-state index contributed by atoms with van der Waals surface area (Å²) < 4.78 is 0.876. The van der Waals surface area contributed by atoms with Crippen LogP contribution in [0.2, 0.25) is 0 Å². The lowest BCUT2D eigenvalue weighted by molar-refractivity contribution is -0.112. The Hall–Kier alpha value is -3.55. The van der Waals surface area contributed by atoms with E-state index in [4.69, 9.17) is 4.99 Å². The van der Waals surface area contributed by atoms with Crippen molar-refractivity contribution in [2.45, 2.75) is 32.2 Å². The number of para-hydroxylation sites is 1. The summed E-state index contributed by atoms with van der Waals surface area (Å²) in [6.45, 7) is 0.454. The maximum Gasteiger partial charge on any atom is 0.277 e. The second kappa shape index (κ2) is 10.1. The van der Waals surface area contributed by atoms with Gasteiger partial charge in [0.1, 0.15) is 10.7 Å². The maximum absolute atomic E-state index is 13.8. The Labute approximate surface area is 228 Å². The van der Waals surface area contributed by atoms with Gasteiger partial charge in [0.05, 0.1) is 17.8 Å². The number of hydrogen-bond acceptors (Lipinski definition) is 4. The van der Waals surface area contributed by atoms with Crippen molar-refractivity contribution in [2.24, 2.45) is 4.99 Å². The van der Waals surface area contributed by atoms with Gasteiger partial charge in [-0.3, -0.25) is 9.59 Å². The lowest BCUT2D eigenvalue weighted by Gasteiger charge is -2.17. The molecule has 4 aromatic rings. The number of carbonyl (C=O) groups is 2. The molecule has 0 radical (unpaired) electrons. The highest BCUT2D eigenvalue weighted by Crippen LogP contribution is 2.42. The third-order valence-electron chi connectivity index (χ3n) is 6.76. The van der Waals surface area contributed by atoms with Crippen LogP contribution in [0.25, 0.3) is 0 Å². The van der Waals surface area contributed by atoms with Crippen LogP contribution in [0.15, 0.2) is 88.3 Å². The smallest absolute Gasteiger partial charge is 0.277 e. The minimum Gasteiger partial charge on any atom is -0.322 e. The van der Waals surface area contributed by atoms with Gasteiger partial charge in [0, 0.05) is 20.6 Å². The predicted molar refractivity (Wildman–Crippen MR) is 153 cm³/mol. The summed E-state index contributed by atoms with van der Waals surface area (Å²) in [6.07, 6.45) is 3.94. The van der Waals surface area contributed by atoms with E-state index in [1.54, 1.807) is 16.2 Å². The number of amides is 2. The number of carbonyl (C=O) groups excluding carboxylic acids is 2. The molecule has 5 nitrogen and oxygen atoms in total. The van der Waals surface area contributed by atoms with Gasteiger partial charge in [-0.2, -0.15) is 0 Å². The van der Waals surface area contributed by atoms with Crippen molar-refractivity contribution >= 4 is 61.2 Å². The van der Waals surface area contributed by atoms with Crippen LogP contribution in [0.4, 0.5) is 16.4 Å². The molecule has 1 aromatic heterocycles. The van der Waals surface area contributed by atoms with E-state index in [1.807, 2.05) is 78.9 Å². The maximum atomic E-state index is 13.8. The molecule has 0 spiro atoms. The average Bonchev–Trinajstić information content (AvgIpc) is 3.40. The van der Waals surface area contributed by atoms with Crippen LogP contribution in [0.1, 0.15) is 44.8 Å². The molecule has 0 bridgehead atoms. The van der Waals surface area contributed by atoms with Gasteiger partial charge in [-0.05, 0) is 67.1 Å². The highest BCUT2D eigenvalue weighted by Gasteiger charge is 2.35. The minimum atomic E-state index is -0.175. The third kappa shape index (κ3) is 4.65. The molecule has 0 saturated carbocycles. The molecule has 184 valence electrons. The zero-order valence-electron chi connectivity index (χ0n) is 20.0. The van der Waals surface area contributed by atoms with Gasteiger partial charge in [0.15, 0.2) is 0 Å². The number of benzene rings is 3. The van der Waals surface area contributed by atoms with Gasteiger partial charge in [-0.1, -0.05) is 64.5 Å². The van der Waals surface area contributed by atoms with E-state index in [0.717, 1.165) is 58.2 Å². The molecule has 0 saturated heterocycles. The van der Waals surface area contributed by atoms with E-state index < -0.39 is 0 Å². The number of anilines is 2. The molecule has 2 aliphatic rings. The molecule has 7 heteroatoms. The fourth-order valence-electron chi connectivity index (χ4n) is 5.00. The Kier molecular flexibility index (Phi) is 6.49. The zero-order valence-corrected chi connectivity index (χ0v) is 22.4. The Bertz CT molecular complexity index is 1530. The van der Waals surface area contributed by atoms with Crippen LogP contribution in [0.3, 0.4) is 0 Å². The first kappa shape index (κ1) is 23.8. The van der Waals surface area contributed by atoms with Crippen molar-refractivity contribution in [1.29, 1.82) is 0 Å². The van der Waals surface area contributed by atoms with Gasteiger partial charge in [0.25, 0.3) is 11.8 Å². The molecule has 2 amide bonds. The molecule has 0 unspecified atom stereocenters.